The van der Waals surface area contributed by atoms with Gasteiger partial charge in [-0.15, -0.1) is 0 Å². The first-order chi connectivity index (χ1) is 8.81. The summed E-state index contributed by atoms with van der Waals surface area (Å²) >= 11 is 0. The number of aldehydes is 1. The van der Waals surface area contributed by atoms with Gasteiger partial charge in [-0.25, -0.2) is 0 Å². The molecule has 0 radical (unpaired) electrons. The largest absolute Gasteiger partial charge is 0.507 e. The van der Waals surface area contributed by atoms with Crippen molar-refractivity contribution in [2.24, 2.45) is 0 Å². The van der Waals surface area contributed by atoms with Crippen LogP contribution in [-0.4, -0.2) is 21.6 Å². The molecule has 4 nitrogen and oxygen atoms in total. The zero-order valence-corrected chi connectivity index (χ0v) is 9.42. The molecule has 0 bridgehead atoms. The number of fused-ring (bicyclic) bond motifs is 1. The van der Waals surface area contributed by atoms with Crippen LogP contribution in [0, 0.1) is 0 Å². The van der Waals surface area contributed by atoms with E-state index < -0.39 is 0 Å². The molecule has 0 aliphatic rings. The SMILES string of the molecule is O=Cc1cccc2c(-c3ccccc3O)[nH]nc12. The number of aromatic nitrogens is 2. The minimum atomic E-state index is 0.180. The molecule has 0 spiro atoms. The third kappa shape index (κ3) is 1.47. The van der Waals surface area contributed by atoms with Crippen LogP contribution < -0.4 is 0 Å². The summed E-state index contributed by atoms with van der Waals surface area (Å²) < 4.78 is 0. The highest BCUT2D eigenvalue weighted by Gasteiger charge is 2.12. The average molecular weight is 238 g/mol. The van der Waals surface area contributed by atoms with Crippen molar-refractivity contribution in [2.45, 2.75) is 0 Å². The van der Waals surface area contributed by atoms with Gasteiger partial charge >= 0.3 is 0 Å². The number of rotatable bonds is 2. The Balaban J connectivity index is 2.32. The Bertz CT molecular complexity index is 731. The van der Waals surface area contributed by atoms with E-state index in [1.807, 2.05) is 12.1 Å². The van der Waals surface area contributed by atoms with E-state index in [0.29, 0.717) is 22.3 Å². The number of para-hydroxylation sites is 2. The summed E-state index contributed by atoms with van der Waals surface area (Å²) in [7, 11) is 0. The Labute approximate surface area is 103 Å². The summed E-state index contributed by atoms with van der Waals surface area (Å²) in [6, 6.07) is 12.4. The number of phenols is 1. The van der Waals surface area contributed by atoms with E-state index in [4.69, 9.17) is 0 Å². The van der Waals surface area contributed by atoms with Crippen molar-refractivity contribution in [1.29, 1.82) is 0 Å². The number of aromatic amines is 1. The smallest absolute Gasteiger partial charge is 0.152 e. The van der Waals surface area contributed by atoms with E-state index in [-0.39, 0.29) is 5.75 Å². The number of nitrogens with one attached hydrogen (secondary N) is 1. The van der Waals surface area contributed by atoms with Gasteiger partial charge in [-0.2, -0.15) is 5.10 Å². The van der Waals surface area contributed by atoms with Crippen LogP contribution in [0.2, 0.25) is 0 Å². The number of phenolic OH excluding ortho intramolecular Hbond substituents is 1. The molecule has 0 saturated heterocycles. The van der Waals surface area contributed by atoms with Gasteiger partial charge in [0.15, 0.2) is 6.29 Å². The molecule has 3 rings (SSSR count). The van der Waals surface area contributed by atoms with Crippen molar-refractivity contribution in [2.75, 3.05) is 0 Å². The van der Waals surface area contributed by atoms with Crippen molar-refractivity contribution in [1.82, 2.24) is 10.2 Å². The lowest BCUT2D eigenvalue weighted by Crippen LogP contribution is -1.81. The predicted octanol–water partition coefficient (Wildman–Crippen LogP) is 2.75. The second-order valence-corrected chi connectivity index (χ2v) is 3.98. The van der Waals surface area contributed by atoms with E-state index in [1.165, 1.54) is 0 Å². The summed E-state index contributed by atoms with van der Waals surface area (Å²) in [6.07, 6.45) is 0.776. The highest BCUT2D eigenvalue weighted by Crippen LogP contribution is 2.32. The standard InChI is InChI=1S/C14H10N2O2/c17-8-9-4-3-6-11-13(9)15-16-14(11)10-5-1-2-7-12(10)18/h1-8,18H,(H,15,16). The molecule has 0 saturated carbocycles. The van der Waals surface area contributed by atoms with Crippen molar-refractivity contribution >= 4 is 17.2 Å². The molecule has 1 heterocycles. The summed E-state index contributed by atoms with van der Waals surface area (Å²) in [4.78, 5) is 10.9. The normalized spacial score (nSPS) is 10.7. The molecule has 0 aliphatic heterocycles. The number of hydrogen-bond donors (Lipinski definition) is 2. The molecule has 0 fully saturated rings. The van der Waals surface area contributed by atoms with E-state index in [9.17, 15) is 9.90 Å². The molecular formula is C14H10N2O2. The van der Waals surface area contributed by atoms with Crippen molar-refractivity contribution in [3.63, 3.8) is 0 Å². The van der Waals surface area contributed by atoms with Gasteiger partial charge in [-0.05, 0) is 18.2 Å². The average Bonchev–Trinajstić information content (AvgIpc) is 2.83. The van der Waals surface area contributed by atoms with Gasteiger partial charge in [0.2, 0.25) is 0 Å². The van der Waals surface area contributed by atoms with Crippen molar-refractivity contribution in [3.8, 4) is 17.0 Å². The van der Waals surface area contributed by atoms with Gasteiger partial charge in [-0.3, -0.25) is 9.89 Å². The molecule has 3 aromatic rings. The van der Waals surface area contributed by atoms with E-state index in [1.54, 1.807) is 30.3 Å². The molecule has 88 valence electrons. The lowest BCUT2D eigenvalue weighted by atomic mass is 10.1. The number of carbonyl (C=O) groups is 1. The Kier molecular flexibility index (Phi) is 2.34. The van der Waals surface area contributed by atoms with Crippen LogP contribution in [0.5, 0.6) is 5.75 Å². The summed E-state index contributed by atoms with van der Waals surface area (Å²) in [6.45, 7) is 0. The minimum absolute atomic E-state index is 0.180. The molecular weight excluding hydrogens is 228 g/mol. The second kappa shape index (κ2) is 4.00. The molecule has 0 atom stereocenters. The second-order valence-electron chi connectivity index (χ2n) is 3.98. The minimum Gasteiger partial charge on any atom is -0.507 e. The van der Waals surface area contributed by atoms with Crippen molar-refractivity contribution in [3.05, 3.63) is 48.0 Å². The topological polar surface area (TPSA) is 66.0 Å². The third-order valence-electron chi connectivity index (χ3n) is 2.92. The van der Waals surface area contributed by atoms with Crippen molar-refractivity contribution < 1.29 is 9.90 Å². The maximum absolute atomic E-state index is 10.9. The summed E-state index contributed by atoms with van der Waals surface area (Å²) in [5.41, 5.74) is 2.53. The Hall–Kier alpha value is -2.62. The first kappa shape index (κ1) is 10.5. The van der Waals surface area contributed by atoms with Gasteiger partial charge in [0.1, 0.15) is 11.3 Å². The fourth-order valence-corrected chi connectivity index (χ4v) is 2.05. The zero-order valence-electron chi connectivity index (χ0n) is 9.42. The zero-order chi connectivity index (χ0) is 12.5. The highest BCUT2D eigenvalue weighted by atomic mass is 16.3. The van der Waals surface area contributed by atoms with Gasteiger partial charge in [0.25, 0.3) is 0 Å². The molecule has 4 heteroatoms. The van der Waals surface area contributed by atoms with Crippen LogP contribution in [0.1, 0.15) is 10.4 Å². The Morgan fingerprint density at radius 2 is 1.94 bits per heavy atom. The molecule has 0 aliphatic carbocycles. The van der Waals surface area contributed by atoms with Crippen LogP contribution >= 0.6 is 0 Å². The molecule has 18 heavy (non-hydrogen) atoms. The first-order valence-electron chi connectivity index (χ1n) is 5.52. The van der Waals surface area contributed by atoms with Crippen LogP contribution in [0.25, 0.3) is 22.2 Å². The van der Waals surface area contributed by atoms with Gasteiger partial charge in [0.05, 0.1) is 5.69 Å². The first-order valence-corrected chi connectivity index (χ1v) is 5.52. The summed E-state index contributed by atoms with van der Waals surface area (Å²) in [5, 5.41) is 17.7. The molecule has 2 aromatic carbocycles. The highest BCUT2D eigenvalue weighted by molar-refractivity contribution is 6.02. The Morgan fingerprint density at radius 3 is 2.72 bits per heavy atom. The van der Waals surface area contributed by atoms with Gasteiger partial charge < -0.3 is 5.11 Å². The third-order valence-corrected chi connectivity index (χ3v) is 2.92. The predicted molar refractivity (Wildman–Crippen MR) is 68.6 cm³/mol. The molecule has 0 unspecified atom stereocenters. The van der Waals surface area contributed by atoms with Crippen LogP contribution in [0.15, 0.2) is 42.5 Å². The van der Waals surface area contributed by atoms with E-state index in [2.05, 4.69) is 10.2 Å². The summed E-state index contributed by atoms with van der Waals surface area (Å²) in [5.74, 6) is 0.180. The van der Waals surface area contributed by atoms with Crippen LogP contribution in [0.4, 0.5) is 0 Å². The van der Waals surface area contributed by atoms with Crippen LogP contribution in [0.3, 0.4) is 0 Å². The lowest BCUT2D eigenvalue weighted by molar-refractivity contribution is 0.112. The van der Waals surface area contributed by atoms with Gasteiger partial charge in [0, 0.05) is 16.5 Å². The van der Waals surface area contributed by atoms with E-state index in [0.717, 1.165) is 11.7 Å². The molecule has 2 N–H and O–H groups in total. The van der Waals surface area contributed by atoms with Crippen LogP contribution in [-0.2, 0) is 0 Å². The van der Waals surface area contributed by atoms with Gasteiger partial charge in [-0.1, -0.05) is 24.3 Å². The van der Waals surface area contributed by atoms with E-state index >= 15 is 0 Å². The Morgan fingerprint density at radius 1 is 1.11 bits per heavy atom. The number of hydrogen-bond acceptors (Lipinski definition) is 3. The number of benzene rings is 2. The lowest BCUT2D eigenvalue weighted by Gasteiger charge is -2.01. The number of carbonyl (C=O) groups excluding carboxylic acids is 1. The maximum Gasteiger partial charge on any atom is 0.152 e. The monoisotopic (exact) mass is 238 g/mol. The molecule has 1 aromatic heterocycles. The number of H-pyrrole nitrogens is 1. The quantitative estimate of drug-likeness (QED) is 0.674. The fraction of sp³-hybridized carbons (Fsp3) is 0. The number of nitrogens with zero attached hydrogens (tertiary/aromatic N) is 1. The maximum atomic E-state index is 10.9. The molecule has 0 amide bonds. The number of aromatic hydroxyl groups is 1. The fourth-order valence-electron chi connectivity index (χ4n) is 2.05.